The van der Waals surface area contributed by atoms with Gasteiger partial charge in [-0.2, -0.15) is 0 Å². The summed E-state index contributed by atoms with van der Waals surface area (Å²) in [4.78, 5) is 16.1. The predicted octanol–water partition coefficient (Wildman–Crippen LogP) is 6.67. The Morgan fingerprint density at radius 3 is 2.57 bits per heavy atom. The van der Waals surface area contributed by atoms with Crippen LogP contribution >= 0.6 is 0 Å². The van der Waals surface area contributed by atoms with E-state index in [1.165, 1.54) is 19.2 Å². The molecule has 0 aliphatic heterocycles. The molecule has 180 valence electrons. The maximum absolute atomic E-state index is 13.2. The van der Waals surface area contributed by atoms with Crippen molar-refractivity contribution in [3.63, 3.8) is 0 Å². The minimum absolute atomic E-state index is 0.173. The molecule has 0 aliphatic rings. The fourth-order valence-electron chi connectivity index (χ4n) is 3.90. The number of allylic oxidation sites excluding steroid dienone is 1. The first-order valence-corrected chi connectivity index (χ1v) is 11.8. The SMILES string of the molecule is COC(=O)CCCCCOc1ccc2c(c1)nc(-c1ccccc1)n2C/C=C/c1ccc(F)cc1. The molecular weight excluding hydrogens is 443 g/mol. The van der Waals surface area contributed by atoms with Gasteiger partial charge >= 0.3 is 5.97 Å². The second kappa shape index (κ2) is 12.0. The number of carbonyl (C=O) groups is 1. The van der Waals surface area contributed by atoms with Gasteiger partial charge in [-0.25, -0.2) is 9.37 Å². The van der Waals surface area contributed by atoms with Gasteiger partial charge in [-0.3, -0.25) is 4.79 Å². The summed E-state index contributed by atoms with van der Waals surface area (Å²) < 4.78 is 26.0. The third kappa shape index (κ3) is 6.57. The molecule has 0 aliphatic carbocycles. The van der Waals surface area contributed by atoms with Gasteiger partial charge in [0.25, 0.3) is 0 Å². The van der Waals surface area contributed by atoms with Crippen LogP contribution in [0.1, 0.15) is 31.2 Å². The summed E-state index contributed by atoms with van der Waals surface area (Å²) in [6.45, 7) is 1.21. The number of aromatic nitrogens is 2. The monoisotopic (exact) mass is 472 g/mol. The van der Waals surface area contributed by atoms with Crippen LogP contribution in [0.3, 0.4) is 0 Å². The summed E-state index contributed by atoms with van der Waals surface area (Å²) in [5.74, 6) is 1.24. The molecular formula is C29H29FN2O3. The molecule has 4 aromatic rings. The van der Waals surface area contributed by atoms with Crippen molar-refractivity contribution in [3.05, 3.63) is 90.3 Å². The van der Waals surface area contributed by atoms with Crippen molar-refractivity contribution in [2.75, 3.05) is 13.7 Å². The quantitative estimate of drug-likeness (QED) is 0.181. The van der Waals surface area contributed by atoms with Crippen LogP contribution in [0.4, 0.5) is 4.39 Å². The van der Waals surface area contributed by atoms with Crippen LogP contribution in [0.25, 0.3) is 28.5 Å². The standard InChI is InChI=1S/C29H29FN2O3/c1-34-28(33)12-6-3-7-20-35-25-17-18-27-26(21-25)31-29(23-10-4-2-5-11-23)32(27)19-8-9-22-13-15-24(30)16-14-22/h2,4-5,8-11,13-18,21H,3,6-7,12,19-20H2,1H3/b9-8+. The number of fused-ring (bicyclic) bond motifs is 1. The minimum atomic E-state index is -0.242. The highest BCUT2D eigenvalue weighted by molar-refractivity contribution is 5.82. The third-order valence-corrected chi connectivity index (χ3v) is 5.74. The number of unbranched alkanes of at least 4 members (excludes halogenated alkanes) is 2. The van der Waals surface area contributed by atoms with Crippen LogP contribution < -0.4 is 4.74 Å². The van der Waals surface area contributed by atoms with E-state index < -0.39 is 0 Å². The van der Waals surface area contributed by atoms with E-state index in [9.17, 15) is 9.18 Å². The summed E-state index contributed by atoms with van der Waals surface area (Å²) in [6, 6.07) is 22.5. The van der Waals surface area contributed by atoms with Crippen molar-refractivity contribution >= 4 is 23.1 Å². The van der Waals surface area contributed by atoms with Crippen LogP contribution in [0.5, 0.6) is 5.75 Å². The highest BCUT2D eigenvalue weighted by Crippen LogP contribution is 2.28. The van der Waals surface area contributed by atoms with Crippen LogP contribution in [0.2, 0.25) is 0 Å². The van der Waals surface area contributed by atoms with E-state index in [2.05, 4.69) is 15.4 Å². The van der Waals surface area contributed by atoms with Gasteiger partial charge in [0, 0.05) is 24.6 Å². The summed E-state index contributed by atoms with van der Waals surface area (Å²) in [5, 5.41) is 0. The molecule has 0 bridgehead atoms. The summed E-state index contributed by atoms with van der Waals surface area (Å²) in [7, 11) is 1.41. The lowest BCUT2D eigenvalue weighted by atomic mass is 10.2. The average molecular weight is 473 g/mol. The lowest BCUT2D eigenvalue weighted by molar-refractivity contribution is -0.140. The molecule has 0 N–H and O–H groups in total. The van der Waals surface area contributed by atoms with Gasteiger partial charge in [-0.1, -0.05) is 54.6 Å². The van der Waals surface area contributed by atoms with Gasteiger partial charge in [0.05, 0.1) is 24.8 Å². The molecule has 0 radical (unpaired) electrons. The van der Waals surface area contributed by atoms with Crippen LogP contribution in [0, 0.1) is 5.82 Å². The number of halogens is 1. The molecule has 1 heterocycles. The Labute approximate surface area is 204 Å². The molecule has 0 saturated carbocycles. The Kier molecular flexibility index (Phi) is 8.28. The molecule has 3 aromatic carbocycles. The first-order valence-electron chi connectivity index (χ1n) is 11.8. The minimum Gasteiger partial charge on any atom is -0.494 e. The van der Waals surface area contributed by atoms with E-state index in [-0.39, 0.29) is 11.8 Å². The van der Waals surface area contributed by atoms with E-state index in [4.69, 9.17) is 9.72 Å². The van der Waals surface area contributed by atoms with Crippen molar-refractivity contribution in [3.8, 4) is 17.1 Å². The average Bonchev–Trinajstić information content (AvgIpc) is 3.25. The van der Waals surface area contributed by atoms with Crippen molar-refractivity contribution in [1.29, 1.82) is 0 Å². The summed E-state index contributed by atoms with van der Waals surface area (Å²) >= 11 is 0. The first kappa shape index (κ1) is 24.2. The number of carbonyl (C=O) groups excluding carboxylic acids is 1. The number of hydrogen-bond acceptors (Lipinski definition) is 4. The molecule has 0 unspecified atom stereocenters. The Hall–Kier alpha value is -3.93. The van der Waals surface area contributed by atoms with Gasteiger partial charge in [0.1, 0.15) is 17.4 Å². The number of esters is 1. The summed E-state index contributed by atoms with van der Waals surface area (Å²) in [6.07, 6.45) is 7.05. The van der Waals surface area contributed by atoms with E-state index in [0.717, 1.165) is 53.0 Å². The molecule has 0 saturated heterocycles. The Balaban J connectivity index is 1.49. The van der Waals surface area contributed by atoms with Crippen LogP contribution in [-0.4, -0.2) is 29.2 Å². The third-order valence-electron chi connectivity index (χ3n) is 5.74. The van der Waals surface area contributed by atoms with Gasteiger partial charge in [-0.05, 0) is 49.1 Å². The van der Waals surface area contributed by atoms with E-state index in [0.29, 0.717) is 19.6 Å². The number of rotatable bonds is 11. The van der Waals surface area contributed by atoms with E-state index >= 15 is 0 Å². The molecule has 5 nitrogen and oxygen atoms in total. The Morgan fingerprint density at radius 2 is 1.80 bits per heavy atom. The highest BCUT2D eigenvalue weighted by Gasteiger charge is 2.12. The fourth-order valence-corrected chi connectivity index (χ4v) is 3.90. The second-order valence-electron chi connectivity index (χ2n) is 8.25. The molecule has 35 heavy (non-hydrogen) atoms. The second-order valence-corrected chi connectivity index (χ2v) is 8.25. The lowest BCUT2D eigenvalue weighted by Crippen LogP contribution is -2.01. The number of ether oxygens (including phenoxy) is 2. The molecule has 0 atom stereocenters. The number of benzene rings is 3. The Morgan fingerprint density at radius 1 is 1.00 bits per heavy atom. The number of methoxy groups -OCH3 is 1. The van der Waals surface area contributed by atoms with Gasteiger partial charge in [0.15, 0.2) is 0 Å². The smallest absolute Gasteiger partial charge is 0.305 e. The maximum Gasteiger partial charge on any atom is 0.305 e. The zero-order chi connectivity index (χ0) is 24.5. The maximum atomic E-state index is 13.2. The van der Waals surface area contributed by atoms with Crippen LogP contribution in [0.15, 0.2) is 78.9 Å². The largest absolute Gasteiger partial charge is 0.494 e. The molecule has 0 spiro atoms. The Bertz CT molecular complexity index is 1280. The normalized spacial score (nSPS) is 11.3. The number of nitrogens with zero attached hydrogens (tertiary/aromatic N) is 2. The zero-order valence-corrected chi connectivity index (χ0v) is 19.8. The molecule has 0 fully saturated rings. The van der Waals surface area contributed by atoms with Crippen molar-refractivity contribution < 1.29 is 18.7 Å². The number of imidazole rings is 1. The van der Waals surface area contributed by atoms with Crippen LogP contribution in [-0.2, 0) is 16.1 Å². The van der Waals surface area contributed by atoms with Gasteiger partial charge in [0.2, 0.25) is 0 Å². The van der Waals surface area contributed by atoms with Gasteiger partial charge < -0.3 is 14.0 Å². The molecule has 0 amide bonds. The fraction of sp³-hybridized carbons (Fsp3) is 0.241. The molecule has 6 heteroatoms. The lowest BCUT2D eigenvalue weighted by Gasteiger charge is -2.08. The van der Waals surface area contributed by atoms with Crippen molar-refractivity contribution in [1.82, 2.24) is 9.55 Å². The van der Waals surface area contributed by atoms with E-state index in [1.807, 2.05) is 54.6 Å². The summed E-state index contributed by atoms with van der Waals surface area (Å²) in [5.41, 5.74) is 3.85. The molecule has 1 aromatic heterocycles. The van der Waals surface area contributed by atoms with E-state index in [1.54, 1.807) is 12.1 Å². The van der Waals surface area contributed by atoms with Gasteiger partial charge in [-0.15, -0.1) is 0 Å². The topological polar surface area (TPSA) is 53.4 Å². The first-order chi connectivity index (χ1) is 17.1. The van der Waals surface area contributed by atoms with Crippen molar-refractivity contribution in [2.45, 2.75) is 32.2 Å². The van der Waals surface area contributed by atoms with Crippen molar-refractivity contribution in [2.24, 2.45) is 0 Å². The zero-order valence-electron chi connectivity index (χ0n) is 19.8. The predicted molar refractivity (Wildman–Crippen MR) is 137 cm³/mol. The highest BCUT2D eigenvalue weighted by atomic mass is 19.1. The molecule has 4 rings (SSSR count). The number of hydrogen-bond donors (Lipinski definition) is 0.